The van der Waals surface area contributed by atoms with E-state index in [0.29, 0.717) is 6.61 Å². The average molecular weight is 247 g/mol. The van der Waals surface area contributed by atoms with Crippen LogP contribution in [0.15, 0.2) is 35.9 Å². The normalized spacial score (nSPS) is 12.0. The topological polar surface area (TPSA) is 21.3 Å². The summed E-state index contributed by atoms with van der Waals surface area (Å²) in [5.74, 6) is 0.978. The molecular weight excluding hydrogens is 222 g/mol. The standard InChI is InChI=1S/C16H25NO/c1-5-11-17-15(12-13(3)4)14-9-7-8-10-16(14)18-6-2/h7-10,12,15,17H,5-6,11H2,1-4H3. The van der Waals surface area contributed by atoms with Crippen molar-refractivity contribution in [3.8, 4) is 5.75 Å². The van der Waals surface area contributed by atoms with Crippen LogP contribution in [0.1, 0.15) is 45.7 Å². The monoisotopic (exact) mass is 247 g/mol. The number of hydrogen-bond donors (Lipinski definition) is 1. The lowest BCUT2D eigenvalue weighted by molar-refractivity contribution is 0.334. The minimum Gasteiger partial charge on any atom is -0.494 e. The van der Waals surface area contributed by atoms with Crippen LogP contribution in [0.2, 0.25) is 0 Å². The maximum atomic E-state index is 5.71. The number of hydrogen-bond acceptors (Lipinski definition) is 2. The van der Waals surface area contributed by atoms with Gasteiger partial charge in [-0.15, -0.1) is 0 Å². The Kier molecular flexibility index (Phi) is 6.51. The third-order valence-corrected chi connectivity index (χ3v) is 2.67. The first-order valence-corrected chi connectivity index (χ1v) is 6.79. The lowest BCUT2D eigenvalue weighted by atomic mass is 10.0. The van der Waals surface area contributed by atoms with Crippen molar-refractivity contribution in [3.63, 3.8) is 0 Å². The lowest BCUT2D eigenvalue weighted by Gasteiger charge is -2.19. The molecule has 100 valence electrons. The van der Waals surface area contributed by atoms with Gasteiger partial charge in [-0.1, -0.05) is 36.8 Å². The van der Waals surface area contributed by atoms with Gasteiger partial charge in [0.25, 0.3) is 0 Å². The van der Waals surface area contributed by atoms with Crippen LogP contribution in [0.3, 0.4) is 0 Å². The summed E-state index contributed by atoms with van der Waals surface area (Å²) in [5.41, 5.74) is 2.53. The van der Waals surface area contributed by atoms with Crippen LogP contribution in [0, 0.1) is 0 Å². The van der Waals surface area contributed by atoms with Gasteiger partial charge in [-0.3, -0.25) is 0 Å². The van der Waals surface area contributed by atoms with Gasteiger partial charge >= 0.3 is 0 Å². The molecule has 0 bridgehead atoms. The molecule has 0 spiro atoms. The number of rotatable bonds is 7. The molecule has 18 heavy (non-hydrogen) atoms. The van der Waals surface area contributed by atoms with Gasteiger partial charge in [-0.25, -0.2) is 0 Å². The SMILES string of the molecule is CCCNC(C=C(C)C)c1ccccc1OCC. The zero-order chi connectivity index (χ0) is 13.4. The minimum absolute atomic E-state index is 0.234. The molecule has 1 rings (SSSR count). The highest BCUT2D eigenvalue weighted by molar-refractivity contribution is 5.38. The zero-order valence-electron chi connectivity index (χ0n) is 12.0. The summed E-state index contributed by atoms with van der Waals surface area (Å²) in [6.07, 6.45) is 3.39. The van der Waals surface area contributed by atoms with E-state index in [0.717, 1.165) is 18.7 Å². The zero-order valence-corrected chi connectivity index (χ0v) is 12.0. The van der Waals surface area contributed by atoms with Crippen LogP contribution >= 0.6 is 0 Å². The van der Waals surface area contributed by atoms with Gasteiger partial charge in [0.05, 0.1) is 12.6 Å². The van der Waals surface area contributed by atoms with Crippen molar-refractivity contribution in [2.24, 2.45) is 0 Å². The second-order valence-corrected chi connectivity index (χ2v) is 4.65. The maximum absolute atomic E-state index is 5.71. The molecule has 0 amide bonds. The average Bonchev–Trinajstić information content (AvgIpc) is 2.35. The number of benzene rings is 1. The van der Waals surface area contributed by atoms with Crippen molar-refractivity contribution in [2.75, 3.05) is 13.2 Å². The van der Waals surface area contributed by atoms with Gasteiger partial charge in [-0.05, 0) is 39.8 Å². The van der Waals surface area contributed by atoms with Gasteiger partial charge in [0, 0.05) is 5.56 Å². The molecule has 1 atom stereocenters. The molecule has 0 saturated carbocycles. The van der Waals surface area contributed by atoms with E-state index < -0.39 is 0 Å². The molecule has 1 aromatic carbocycles. The van der Waals surface area contributed by atoms with E-state index in [1.165, 1.54) is 11.1 Å². The van der Waals surface area contributed by atoms with Crippen molar-refractivity contribution in [2.45, 2.75) is 40.2 Å². The fourth-order valence-electron chi connectivity index (χ4n) is 1.92. The highest BCUT2D eigenvalue weighted by Gasteiger charge is 2.12. The molecule has 0 aromatic heterocycles. The second-order valence-electron chi connectivity index (χ2n) is 4.65. The van der Waals surface area contributed by atoms with E-state index in [2.05, 4.69) is 44.3 Å². The Balaban J connectivity index is 2.99. The van der Waals surface area contributed by atoms with Crippen LogP contribution in [0.25, 0.3) is 0 Å². The van der Waals surface area contributed by atoms with E-state index in [1.807, 2.05) is 19.1 Å². The fourth-order valence-corrected chi connectivity index (χ4v) is 1.92. The highest BCUT2D eigenvalue weighted by atomic mass is 16.5. The fraction of sp³-hybridized carbons (Fsp3) is 0.500. The Labute approximate surface area is 111 Å². The first-order chi connectivity index (χ1) is 8.69. The van der Waals surface area contributed by atoms with E-state index >= 15 is 0 Å². The number of para-hydroxylation sites is 1. The third-order valence-electron chi connectivity index (χ3n) is 2.67. The van der Waals surface area contributed by atoms with E-state index in [4.69, 9.17) is 4.74 Å². The Morgan fingerprint density at radius 1 is 1.28 bits per heavy atom. The second kappa shape index (κ2) is 7.93. The Bertz CT molecular complexity index is 380. The van der Waals surface area contributed by atoms with Crippen molar-refractivity contribution in [3.05, 3.63) is 41.5 Å². The van der Waals surface area contributed by atoms with Crippen molar-refractivity contribution in [1.82, 2.24) is 5.32 Å². The Hall–Kier alpha value is -1.28. The van der Waals surface area contributed by atoms with Crippen LogP contribution in [0.4, 0.5) is 0 Å². The molecule has 0 fully saturated rings. The lowest BCUT2D eigenvalue weighted by Crippen LogP contribution is -2.21. The molecule has 0 aliphatic rings. The molecule has 2 heteroatoms. The molecule has 0 heterocycles. The minimum atomic E-state index is 0.234. The van der Waals surface area contributed by atoms with Crippen LogP contribution in [-0.4, -0.2) is 13.2 Å². The van der Waals surface area contributed by atoms with Crippen molar-refractivity contribution >= 4 is 0 Å². The highest BCUT2D eigenvalue weighted by Crippen LogP contribution is 2.26. The summed E-state index contributed by atoms with van der Waals surface area (Å²) >= 11 is 0. The molecule has 0 aliphatic carbocycles. The van der Waals surface area contributed by atoms with Gasteiger partial charge < -0.3 is 10.1 Å². The molecular formula is C16H25NO. The number of allylic oxidation sites excluding steroid dienone is 1. The summed E-state index contributed by atoms with van der Waals surface area (Å²) in [7, 11) is 0. The predicted octanol–water partition coefficient (Wildman–Crippen LogP) is 4.09. The summed E-state index contributed by atoms with van der Waals surface area (Å²) in [6, 6.07) is 8.50. The molecule has 1 unspecified atom stereocenters. The number of nitrogens with one attached hydrogen (secondary N) is 1. The van der Waals surface area contributed by atoms with E-state index in [1.54, 1.807) is 0 Å². The summed E-state index contributed by atoms with van der Waals surface area (Å²) < 4.78 is 5.71. The first kappa shape index (κ1) is 14.8. The molecule has 1 N–H and O–H groups in total. The third kappa shape index (κ3) is 4.53. The van der Waals surface area contributed by atoms with Crippen LogP contribution < -0.4 is 10.1 Å². The summed E-state index contributed by atoms with van der Waals surface area (Å²) in [6.45, 7) is 10.2. The van der Waals surface area contributed by atoms with Crippen molar-refractivity contribution < 1.29 is 4.74 Å². The van der Waals surface area contributed by atoms with Crippen molar-refractivity contribution in [1.29, 1.82) is 0 Å². The number of ether oxygens (including phenoxy) is 1. The first-order valence-electron chi connectivity index (χ1n) is 6.79. The smallest absolute Gasteiger partial charge is 0.124 e. The Morgan fingerprint density at radius 2 is 2.00 bits per heavy atom. The maximum Gasteiger partial charge on any atom is 0.124 e. The molecule has 0 aliphatic heterocycles. The quantitative estimate of drug-likeness (QED) is 0.733. The van der Waals surface area contributed by atoms with Gasteiger partial charge in [0.15, 0.2) is 0 Å². The molecule has 0 saturated heterocycles. The van der Waals surface area contributed by atoms with E-state index in [-0.39, 0.29) is 6.04 Å². The molecule has 2 nitrogen and oxygen atoms in total. The van der Waals surface area contributed by atoms with E-state index in [9.17, 15) is 0 Å². The van der Waals surface area contributed by atoms with Gasteiger partial charge in [0.1, 0.15) is 5.75 Å². The largest absolute Gasteiger partial charge is 0.494 e. The predicted molar refractivity (Wildman–Crippen MR) is 78.1 cm³/mol. The van der Waals surface area contributed by atoms with Gasteiger partial charge in [-0.2, -0.15) is 0 Å². The molecule has 0 radical (unpaired) electrons. The Morgan fingerprint density at radius 3 is 2.61 bits per heavy atom. The van der Waals surface area contributed by atoms with Crippen LogP contribution in [0.5, 0.6) is 5.75 Å². The van der Waals surface area contributed by atoms with Crippen LogP contribution in [-0.2, 0) is 0 Å². The van der Waals surface area contributed by atoms with Gasteiger partial charge in [0.2, 0.25) is 0 Å². The molecule has 1 aromatic rings. The summed E-state index contributed by atoms with van der Waals surface area (Å²) in [4.78, 5) is 0. The summed E-state index contributed by atoms with van der Waals surface area (Å²) in [5, 5.41) is 3.56.